The zero-order valence-corrected chi connectivity index (χ0v) is 18.9. The molecule has 0 atom stereocenters. The molecule has 0 fully saturated rings. The van der Waals surface area contributed by atoms with Crippen LogP contribution in [-0.4, -0.2) is 53.6 Å². The van der Waals surface area contributed by atoms with Crippen LogP contribution in [0.4, 0.5) is 5.95 Å². The highest BCUT2D eigenvalue weighted by molar-refractivity contribution is 7.98. The minimum absolute atomic E-state index is 0.189. The maximum absolute atomic E-state index is 12.5. The fourth-order valence-electron chi connectivity index (χ4n) is 3.04. The predicted molar refractivity (Wildman–Crippen MR) is 122 cm³/mol. The second-order valence-electron chi connectivity index (χ2n) is 6.75. The van der Waals surface area contributed by atoms with Gasteiger partial charge in [0.1, 0.15) is 0 Å². The lowest BCUT2D eigenvalue weighted by Crippen LogP contribution is -2.18. The van der Waals surface area contributed by atoms with Crippen LogP contribution in [0.15, 0.2) is 29.5 Å². The summed E-state index contributed by atoms with van der Waals surface area (Å²) in [4.78, 5) is 27.0. The van der Waals surface area contributed by atoms with Crippen LogP contribution in [0.3, 0.4) is 0 Å². The predicted octanol–water partition coefficient (Wildman–Crippen LogP) is 2.76. The minimum atomic E-state index is -0.189. The molecule has 166 valence electrons. The lowest BCUT2D eigenvalue weighted by atomic mass is 10.1. The summed E-state index contributed by atoms with van der Waals surface area (Å²) in [7, 11) is 4.67. The van der Waals surface area contributed by atoms with E-state index in [1.54, 1.807) is 45.6 Å². The molecular weight excluding hydrogens is 418 g/mol. The summed E-state index contributed by atoms with van der Waals surface area (Å²) in [6.07, 6.45) is 3.68. The second-order valence-corrected chi connectivity index (χ2v) is 7.86. The molecule has 1 aromatic carbocycles. The largest absolute Gasteiger partial charge is 0.493 e. The summed E-state index contributed by atoms with van der Waals surface area (Å²) >= 11 is 1.76. The highest BCUT2D eigenvalue weighted by Gasteiger charge is 2.14. The molecule has 3 N–H and O–H groups in total. The Kier molecular flexibility index (Phi) is 7.82. The number of thioether (sulfide) groups is 1. The Bertz CT molecular complexity index is 1040. The number of aromatic nitrogens is 4. The zero-order chi connectivity index (χ0) is 22.2. The number of methoxy groups -OCH3 is 3. The summed E-state index contributed by atoms with van der Waals surface area (Å²) in [6.45, 7) is 2.69. The van der Waals surface area contributed by atoms with Crippen LogP contribution < -0.4 is 25.1 Å². The third kappa shape index (κ3) is 5.72. The monoisotopic (exact) mass is 445 g/mol. The van der Waals surface area contributed by atoms with Gasteiger partial charge in [-0.2, -0.15) is 11.8 Å². The van der Waals surface area contributed by atoms with E-state index < -0.39 is 0 Å². The average molecular weight is 446 g/mol. The number of benzene rings is 1. The smallest absolute Gasteiger partial charge is 0.255 e. The second kappa shape index (κ2) is 10.8. The van der Waals surface area contributed by atoms with Gasteiger partial charge in [0, 0.05) is 41.9 Å². The fourth-order valence-corrected chi connectivity index (χ4v) is 3.91. The number of aryl methyl sites for hydroxylation is 1. The minimum Gasteiger partial charge on any atom is -0.493 e. The first kappa shape index (κ1) is 22.5. The van der Waals surface area contributed by atoms with Crippen LogP contribution >= 0.6 is 11.8 Å². The van der Waals surface area contributed by atoms with Crippen LogP contribution in [0.25, 0.3) is 0 Å². The molecule has 0 saturated carbocycles. The van der Waals surface area contributed by atoms with Crippen molar-refractivity contribution in [3.63, 3.8) is 0 Å². The molecular formula is C21H27N5O4S. The highest BCUT2D eigenvalue weighted by atomic mass is 32.2. The van der Waals surface area contributed by atoms with E-state index in [1.807, 2.05) is 19.1 Å². The van der Waals surface area contributed by atoms with E-state index in [1.165, 1.54) is 0 Å². The number of hydrogen-bond donors (Lipinski definition) is 3. The molecule has 0 aliphatic rings. The van der Waals surface area contributed by atoms with Gasteiger partial charge in [-0.15, -0.1) is 0 Å². The number of H-pyrrole nitrogens is 2. The molecule has 3 rings (SSSR count). The standard InChI is InChI=1S/C21H27N5O4S/c1-13-16(25-12-24-13)11-31-6-5-22-21-23-10-15(20(27)26-21)7-14-8-17(28-2)19(30-4)18(9-14)29-3/h8-10,12H,5-7,11H2,1-4H3,(H,24,25)(H2,22,23,26,27). The van der Waals surface area contributed by atoms with E-state index in [-0.39, 0.29) is 5.56 Å². The first-order valence-corrected chi connectivity index (χ1v) is 10.9. The van der Waals surface area contributed by atoms with Crippen molar-refractivity contribution < 1.29 is 14.2 Å². The molecule has 2 heterocycles. The van der Waals surface area contributed by atoms with Crippen molar-refractivity contribution in [1.29, 1.82) is 0 Å². The van der Waals surface area contributed by atoms with Gasteiger partial charge in [0.05, 0.1) is 33.4 Å². The van der Waals surface area contributed by atoms with Crippen molar-refractivity contribution in [2.45, 2.75) is 19.1 Å². The fraction of sp³-hybridized carbons (Fsp3) is 0.381. The molecule has 0 aliphatic carbocycles. The summed E-state index contributed by atoms with van der Waals surface area (Å²) < 4.78 is 16.1. The van der Waals surface area contributed by atoms with E-state index in [2.05, 4.69) is 25.3 Å². The number of nitrogens with zero attached hydrogens (tertiary/aromatic N) is 2. The van der Waals surface area contributed by atoms with Crippen LogP contribution in [0.2, 0.25) is 0 Å². The Hall–Kier alpha value is -3.14. The SMILES string of the molecule is COc1cc(Cc2cnc(NCCSCc3nc[nH]c3C)[nH]c2=O)cc(OC)c1OC. The van der Waals surface area contributed by atoms with Crippen molar-refractivity contribution in [2.24, 2.45) is 0 Å². The van der Waals surface area contributed by atoms with Gasteiger partial charge in [-0.05, 0) is 24.6 Å². The number of aromatic amines is 2. The van der Waals surface area contributed by atoms with Crippen molar-refractivity contribution in [3.05, 3.63) is 57.5 Å². The van der Waals surface area contributed by atoms with Gasteiger partial charge < -0.3 is 24.5 Å². The van der Waals surface area contributed by atoms with Gasteiger partial charge in [-0.25, -0.2) is 9.97 Å². The molecule has 0 bridgehead atoms. The molecule has 0 radical (unpaired) electrons. The molecule has 10 heteroatoms. The molecule has 0 spiro atoms. The first-order valence-electron chi connectivity index (χ1n) is 9.73. The van der Waals surface area contributed by atoms with Gasteiger partial charge in [0.15, 0.2) is 11.5 Å². The quantitative estimate of drug-likeness (QED) is 0.386. The van der Waals surface area contributed by atoms with Gasteiger partial charge in [0.25, 0.3) is 5.56 Å². The Morgan fingerprint density at radius 3 is 2.42 bits per heavy atom. The molecule has 0 amide bonds. The van der Waals surface area contributed by atoms with Crippen molar-refractivity contribution in [1.82, 2.24) is 19.9 Å². The number of hydrogen-bond acceptors (Lipinski definition) is 8. The van der Waals surface area contributed by atoms with Gasteiger partial charge in [-0.1, -0.05) is 0 Å². The van der Waals surface area contributed by atoms with Crippen LogP contribution in [0, 0.1) is 6.92 Å². The molecule has 2 aromatic heterocycles. The molecule has 0 aliphatic heterocycles. The number of anilines is 1. The molecule has 0 unspecified atom stereocenters. The number of rotatable bonds is 11. The summed E-state index contributed by atoms with van der Waals surface area (Å²) in [5.41, 5.74) is 3.36. The third-order valence-electron chi connectivity index (χ3n) is 4.70. The third-order valence-corrected chi connectivity index (χ3v) is 5.67. The van der Waals surface area contributed by atoms with Crippen molar-refractivity contribution in [2.75, 3.05) is 38.9 Å². The van der Waals surface area contributed by atoms with E-state index >= 15 is 0 Å². The molecule has 0 saturated heterocycles. The first-order chi connectivity index (χ1) is 15.0. The summed E-state index contributed by atoms with van der Waals surface area (Å²) in [5.74, 6) is 3.76. The van der Waals surface area contributed by atoms with Crippen molar-refractivity contribution >= 4 is 17.7 Å². The average Bonchev–Trinajstić information content (AvgIpc) is 3.19. The lowest BCUT2D eigenvalue weighted by molar-refractivity contribution is 0.324. The molecule has 3 aromatic rings. The maximum Gasteiger partial charge on any atom is 0.255 e. The number of nitrogens with one attached hydrogen (secondary N) is 3. The van der Waals surface area contributed by atoms with E-state index in [0.717, 1.165) is 28.5 Å². The number of imidazole rings is 1. The maximum atomic E-state index is 12.5. The Morgan fingerprint density at radius 1 is 1.10 bits per heavy atom. The van der Waals surface area contributed by atoms with Gasteiger partial charge in [0.2, 0.25) is 11.7 Å². The molecule has 9 nitrogen and oxygen atoms in total. The topological polar surface area (TPSA) is 114 Å². The lowest BCUT2D eigenvalue weighted by Gasteiger charge is -2.14. The Morgan fingerprint density at radius 2 is 1.84 bits per heavy atom. The Balaban J connectivity index is 1.58. The summed E-state index contributed by atoms with van der Waals surface area (Å²) in [6, 6.07) is 3.65. The van der Waals surface area contributed by atoms with Crippen molar-refractivity contribution in [3.8, 4) is 17.2 Å². The van der Waals surface area contributed by atoms with E-state index in [4.69, 9.17) is 14.2 Å². The van der Waals surface area contributed by atoms with Gasteiger partial charge >= 0.3 is 0 Å². The Labute approximate surface area is 185 Å². The van der Waals surface area contributed by atoms with Crippen LogP contribution in [0.5, 0.6) is 17.2 Å². The number of ether oxygens (including phenoxy) is 3. The van der Waals surface area contributed by atoms with Gasteiger partial charge in [-0.3, -0.25) is 9.78 Å². The molecule has 31 heavy (non-hydrogen) atoms. The van der Waals surface area contributed by atoms with Crippen LogP contribution in [-0.2, 0) is 12.2 Å². The van der Waals surface area contributed by atoms with E-state index in [0.29, 0.717) is 41.7 Å². The van der Waals surface area contributed by atoms with E-state index in [9.17, 15) is 4.79 Å². The summed E-state index contributed by atoms with van der Waals surface area (Å²) in [5, 5.41) is 3.15. The van der Waals surface area contributed by atoms with Crippen LogP contribution in [0.1, 0.15) is 22.5 Å². The zero-order valence-electron chi connectivity index (χ0n) is 18.1. The highest BCUT2D eigenvalue weighted by Crippen LogP contribution is 2.38. The normalized spacial score (nSPS) is 10.7.